The third-order valence-electron chi connectivity index (χ3n) is 4.78. The van der Waals surface area contributed by atoms with Gasteiger partial charge in [-0.3, -0.25) is 9.88 Å². The zero-order chi connectivity index (χ0) is 16.8. The summed E-state index contributed by atoms with van der Waals surface area (Å²) >= 11 is 0. The lowest BCUT2D eigenvalue weighted by atomic mass is 10.0. The average molecular weight is 325 g/mol. The van der Waals surface area contributed by atoms with Gasteiger partial charge < -0.3 is 10.4 Å². The van der Waals surface area contributed by atoms with Gasteiger partial charge in [0, 0.05) is 31.5 Å². The molecule has 3 rings (SSSR count). The van der Waals surface area contributed by atoms with E-state index in [-0.39, 0.29) is 0 Å². The summed E-state index contributed by atoms with van der Waals surface area (Å²) in [7, 11) is 0. The van der Waals surface area contributed by atoms with E-state index in [1.807, 2.05) is 30.6 Å². The van der Waals surface area contributed by atoms with Gasteiger partial charge in [-0.05, 0) is 50.0 Å². The minimum atomic E-state index is -0.431. The number of rotatable bonds is 6. The first-order chi connectivity index (χ1) is 11.7. The summed E-state index contributed by atoms with van der Waals surface area (Å²) < 4.78 is 0. The highest BCUT2D eigenvalue weighted by Gasteiger charge is 2.20. The summed E-state index contributed by atoms with van der Waals surface area (Å²) in [5, 5.41) is 13.8. The molecule has 2 aromatic rings. The molecule has 1 aromatic heterocycles. The van der Waals surface area contributed by atoms with Gasteiger partial charge in [-0.25, -0.2) is 0 Å². The van der Waals surface area contributed by atoms with Gasteiger partial charge in [0.05, 0.1) is 6.10 Å². The van der Waals surface area contributed by atoms with E-state index in [1.54, 1.807) is 0 Å². The smallest absolute Gasteiger partial charge is 0.0914 e. The van der Waals surface area contributed by atoms with Crippen molar-refractivity contribution in [3.05, 3.63) is 65.5 Å². The molecule has 2 heterocycles. The first-order valence-electron chi connectivity index (χ1n) is 8.80. The molecule has 4 nitrogen and oxygen atoms in total. The monoisotopic (exact) mass is 325 g/mol. The number of nitrogens with zero attached hydrogens (tertiary/aromatic N) is 2. The minimum absolute atomic E-state index is 0.431. The molecule has 0 amide bonds. The molecule has 1 atom stereocenters. The van der Waals surface area contributed by atoms with E-state index in [0.717, 1.165) is 38.0 Å². The predicted octanol–water partition coefficient (Wildman–Crippen LogP) is 2.68. The van der Waals surface area contributed by atoms with Crippen molar-refractivity contribution >= 4 is 0 Å². The molecule has 128 valence electrons. The number of likely N-dealkylation sites (tertiary alicyclic amines) is 1. The molecule has 1 aliphatic heterocycles. The Bertz CT molecular complexity index is 607. The maximum absolute atomic E-state index is 10.3. The minimum Gasteiger partial charge on any atom is -0.387 e. The Balaban J connectivity index is 1.40. The van der Waals surface area contributed by atoms with Crippen LogP contribution in [-0.4, -0.2) is 40.7 Å². The Morgan fingerprint density at radius 1 is 1.21 bits per heavy atom. The van der Waals surface area contributed by atoms with Crippen LogP contribution in [0.25, 0.3) is 0 Å². The van der Waals surface area contributed by atoms with Gasteiger partial charge >= 0.3 is 0 Å². The fourth-order valence-electron chi connectivity index (χ4n) is 3.23. The first-order valence-corrected chi connectivity index (χ1v) is 8.80. The Hall–Kier alpha value is -1.75. The van der Waals surface area contributed by atoms with E-state index in [2.05, 4.69) is 40.3 Å². The van der Waals surface area contributed by atoms with Gasteiger partial charge in [-0.15, -0.1) is 0 Å². The van der Waals surface area contributed by atoms with Crippen molar-refractivity contribution in [1.82, 2.24) is 15.2 Å². The zero-order valence-electron chi connectivity index (χ0n) is 14.4. The topological polar surface area (TPSA) is 48.4 Å². The summed E-state index contributed by atoms with van der Waals surface area (Å²) in [6.45, 7) is 5.84. The van der Waals surface area contributed by atoms with Crippen LogP contribution in [0.5, 0.6) is 0 Å². The van der Waals surface area contributed by atoms with Crippen LogP contribution < -0.4 is 5.32 Å². The summed E-state index contributed by atoms with van der Waals surface area (Å²) in [5.74, 6) is 0. The molecule has 0 spiro atoms. The summed E-state index contributed by atoms with van der Waals surface area (Å²) in [4.78, 5) is 6.66. The Labute approximate surface area is 144 Å². The normalized spacial score (nSPS) is 17.8. The fourth-order valence-corrected chi connectivity index (χ4v) is 3.23. The Kier molecular flexibility index (Phi) is 5.96. The first kappa shape index (κ1) is 17.1. The highest BCUT2D eigenvalue weighted by atomic mass is 16.3. The summed E-state index contributed by atoms with van der Waals surface area (Å²) in [6.07, 6.45) is 5.59. The standard InChI is InChI=1S/C20H27N3O/c1-16-4-6-18(7-5-16)20(24)14-22-19-8-11-23(12-9-19)15-17-3-2-10-21-13-17/h2-7,10,13,19-20,22,24H,8-9,11-12,14-15H2,1H3. The zero-order valence-corrected chi connectivity index (χ0v) is 14.4. The van der Waals surface area contributed by atoms with E-state index in [1.165, 1.54) is 11.1 Å². The molecule has 4 heteroatoms. The molecule has 1 fully saturated rings. The number of piperidine rings is 1. The molecule has 1 aromatic carbocycles. The van der Waals surface area contributed by atoms with E-state index in [0.29, 0.717) is 12.6 Å². The fraction of sp³-hybridized carbons (Fsp3) is 0.450. The number of pyridine rings is 1. The predicted molar refractivity (Wildman–Crippen MR) is 96.7 cm³/mol. The van der Waals surface area contributed by atoms with Crippen LogP contribution in [0.3, 0.4) is 0 Å². The molecule has 0 radical (unpaired) electrons. The van der Waals surface area contributed by atoms with Crippen LogP contribution in [-0.2, 0) is 6.54 Å². The largest absolute Gasteiger partial charge is 0.387 e. The summed E-state index contributed by atoms with van der Waals surface area (Å²) in [5.41, 5.74) is 3.49. The van der Waals surface area contributed by atoms with Gasteiger partial charge in [0.25, 0.3) is 0 Å². The van der Waals surface area contributed by atoms with Crippen molar-refractivity contribution < 1.29 is 5.11 Å². The quantitative estimate of drug-likeness (QED) is 0.857. The third-order valence-corrected chi connectivity index (χ3v) is 4.78. The van der Waals surface area contributed by atoms with Crippen molar-refractivity contribution in [2.75, 3.05) is 19.6 Å². The van der Waals surface area contributed by atoms with Crippen LogP contribution in [0.1, 0.15) is 35.6 Å². The van der Waals surface area contributed by atoms with Crippen molar-refractivity contribution in [3.63, 3.8) is 0 Å². The molecular weight excluding hydrogens is 298 g/mol. The number of hydrogen-bond acceptors (Lipinski definition) is 4. The molecule has 2 N–H and O–H groups in total. The highest BCUT2D eigenvalue weighted by Crippen LogP contribution is 2.16. The Morgan fingerprint density at radius 3 is 2.62 bits per heavy atom. The second-order valence-corrected chi connectivity index (χ2v) is 6.75. The van der Waals surface area contributed by atoms with Crippen molar-refractivity contribution in [1.29, 1.82) is 0 Å². The number of aliphatic hydroxyl groups is 1. The molecule has 1 saturated heterocycles. The van der Waals surface area contributed by atoms with Gasteiger partial charge in [-0.1, -0.05) is 35.9 Å². The molecule has 0 saturated carbocycles. The number of aliphatic hydroxyl groups excluding tert-OH is 1. The highest BCUT2D eigenvalue weighted by molar-refractivity contribution is 5.23. The maximum atomic E-state index is 10.3. The van der Waals surface area contributed by atoms with E-state index < -0.39 is 6.10 Å². The van der Waals surface area contributed by atoms with Crippen LogP contribution >= 0.6 is 0 Å². The van der Waals surface area contributed by atoms with E-state index >= 15 is 0 Å². The second kappa shape index (κ2) is 8.38. The van der Waals surface area contributed by atoms with Gasteiger partial charge in [0.1, 0.15) is 0 Å². The summed E-state index contributed by atoms with van der Waals surface area (Å²) in [6, 6.07) is 12.8. The average Bonchev–Trinajstić information content (AvgIpc) is 2.62. The van der Waals surface area contributed by atoms with Crippen LogP contribution in [0, 0.1) is 6.92 Å². The lowest BCUT2D eigenvalue weighted by Gasteiger charge is -2.32. The Morgan fingerprint density at radius 2 is 1.96 bits per heavy atom. The van der Waals surface area contributed by atoms with Crippen LogP contribution in [0.4, 0.5) is 0 Å². The molecule has 1 aliphatic rings. The SMILES string of the molecule is Cc1ccc(C(O)CNC2CCN(Cc3cccnc3)CC2)cc1. The molecular formula is C20H27N3O. The van der Waals surface area contributed by atoms with Gasteiger partial charge in [-0.2, -0.15) is 0 Å². The second-order valence-electron chi connectivity index (χ2n) is 6.75. The number of benzene rings is 1. The van der Waals surface area contributed by atoms with Crippen molar-refractivity contribution in [3.8, 4) is 0 Å². The van der Waals surface area contributed by atoms with Crippen molar-refractivity contribution in [2.24, 2.45) is 0 Å². The van der Waals surface area contributed by atoms with Gasteiger partial charge in [0.15, 0.2) is 0 Å². The maximum Gasteiger partial charge on any atom is 0.0914 e. The number of nitrogens with one attached hydrogen (secondary N) is 1. The van der Waals surface area contributed by atoms with Crippen molar-refractivity contribution in [2.45, 2.75) is 38.5 Å². The lowest BCUT2D eigenvalue weighted by molar-refractivity contribution is 0.149. The number of hydrogen-bond donors (Lipinski definition) is 2. The van der Waals surface area contributed by atoms with E-state index in [4.69, 9.17) is 0 Å². The molecule has 24 heavy (non-hydrogen) atoms. The van der Waals surface area contributed by atoms with Crippen LogP contribution in [0.2, 0.25) is 0 Å². The van der Waals surface area contributed by atoms with Crippen LogP contribution in [0.15, 0.2) is 48.8 Å². The van der Waals surface area contributed by atoms with Gasteiger partial charge in [0.2, 0.25) is 0 Å². The third kappa shape index (κ3) is 4.87. The lowest BCUT2D eigenvalue weighted by Crippen LogP contribution is -2.43. The molecule has 0 bridgehead atoms. The molecule has 0 aliphatic carbocycles. The number of aryl methyl sites for hydroxylation is 1. The number of aromatic nitrogens is 1. The van der Waals surface area contributed by atoms with E-state index in [9.17, 15) is 5.11 Å². The molecule has 1 unspecified atom stereocenters.